The topological polar surface area (TPSA) is 59.0 Å². The summed E-state index contributed by atoms with van der Waals surface area (Å²) in [6, 6.07) is 0. The molecule has 0 aliphatic carbocycles. The van der Waals surface area contributed by atoms with Gasteiger partial charge in [0, 0.05) is 24.5 Å². The van der Waals surface area contributed by atoms with Gasteiger partial charge in [0.1, 0.15) is 0 Å². The standard InChI is InChI=1S/C14H26N4O/c1-4-14(2,3)17-13(19)11-15-7-5-6-9-18-10-8-16-12-18/h8,10,12,15H,4-7,9,11H2,1-3H3,(H,17,19). The van der Waals surface area contributed by atoms with Crippen LogP contribution in [0.15, 0.2) is 18.7 Å². The van der Waals surface area contributed by atoms with Crippen LogP contribution >= 0.6 is 0 Å². The summed E-state index contributed by atoms with van der Waals surface area (Å²) in [7, 11) is 0. The van der Waals surface area contributed by atoms with Crippen molar-refractivity contribution in [1.29, 1.82) is 0 Å². The largest absolute Gasteiger partial charge is 0.350 e. The molecule has 0 spiro atoms. The van der Waals surface area contributed by atoms with Crippen LogP contribution in [0.1, 0.15) is 40.0 Å². The van der Waals surface area contributed by atoms with Crippen molar-refractivity contribution in [3.63, 3.8) is 0 Å². The second kappa shape index (κ2) is 7.94. The Morgan fingerprint density at radius 1 is 1.37 bits per heavy atom. The van der Waals surface area contributed by atoms with Gasteiger partial charge in [-0.25, -0.2) is 4.98 Å². The highest BCUT2D eigenvalue weighted by Crippen LogP contribution is 2.05. The molecule has 0 bridgehead atoms. The molecule has 0 aliphatic rings. The molecule has 0 radical (unpaired) electrons. The molecule has 0 saturated carbocycles. The third-order valence-corrected chi connectivity index (χ3v) is 3.23. The first-order chi connectivity index (χ1) is 9.03. The lowest BCUT2D eigenvalue weighted by Gasteiger charge is -2.24. The Morgan fingerprint density at radius 3 is 2.79 bits per heavy atom. The molecule has 2 N–H and O–H groups in total. The van der Waals surface area contributed by atoms with Gasteiger partial charge in [0.15, 0.2) is 0 Å². The Labute approximate surface area is 115 Å². The van der Waals surface area contributed by atoms with Gasteiger partial charge >= 0.3 is 0 Å². The molecular formula is C14H26N4O. The minimum absolute atomic E-state index is 0.0708. The summed E-state index contributed by atoms with van der Waals surface area (Å²) in [6.07, 6.45) is 8.66. The first-order valence-electron chi connectivity index (χ1n) is 7.01. The summed E-state index contributed by atoms with van der Waals surface area (Å²) in [4.78, 5) is 15.6. The van der Waals surface area contributed by atoms with Gasteiger partial charge in [0.2, 0.25) is 5.91 Å². The van der Waals surface area contributed by atoms with E-state index in [-0.39, 0.29) is 11.4 Å². The predicted octanol–water partition coefficient (Wildman–Crippen LogP) is 1.56. The average Bonchev–Trinajstić information content (AvgIpc) is 2.86. The van der Waals surface area contributed by atoms with E-state index >= 15 is 0 Å². The molecule has 1 amide bonds. The minimum Gasteiger partial charge on any atom is -0.350 e. The molecule has 1 rings (SSSR count). The zero-order valence-corrected chi connectivity index (χ0v) is 12.3. The number of nitrogens with zero attached hydrogens (tertiary/aromatic N) is 2. The van der Waals surface area contributed by atoms with Gasteiger partial charge < -0.3 is 15.2 Å². The van der Waals surface area contributed by atoms with Crippen molar-refractivity contribution in [2.24, 2.45) is 0 Å². The highest BCUT2D eigenvalue weighted by atomic mass is 16.2. The average molecular weight is 266 g/mol. The Hall–Kier alpha value is -1.36. The van der Waals surface area contributed by atoms with E-state index in [0.717, 1.165) is 32.4 Å². The van der Waals surface area contributed by atoms with Crippen molar-refractivity contribution in [1.82, 2.24) is 20.2 Å². The SMILES string of the molecule is CCC(C)(C)NC(=O)CNCCCCn1ccnc1. The number of aromatic nitrogens is 2. The monoisotopic (exact) mass is 266 g/mol. The third-order valence-electron chi connectivity index (χ3n) is 3.23. The van der Waals surface area contributed by atoms with Crippen LogP contribution < -0.4 is 10.6 Å². The summed E-state index contributed by atoms with van der Waals surface area (Å²) in [5.74, 6) is 0.0708. The number of nitrogens with one attached hydrogen (secondary N) is 2. The molecule has 5 heteroatoms. The van der Waals surface area contributed by atoms with E-state index < -0.39 is 0 Å². The fourth-order valence-corrected chi connectivity index (χ4v) is 1.68. The zero-order chi connectivity index (χ0) is 14.1. The molecule has 0 atom stereocenters. The lowest BCUT2D eigenvalue weighted by Crippen LogP contribution is -2.46. The molecule has 0 fully saturated rings. The molecule has 19 heavy (non-hydrogen) atoms. The normalized spacial score (nSPS) is 11.5. The smallest absolute Gasteiger partial charge is 0.234 e. The number of hydrogen-bond donors (Lipinski definition) is 2. The van der Waals surface area contributed by atoms with Gasteiger partial charge in [0.25, 0.3) is 0 Å². The van der Waals surface area contributed by atoms with E-state index in [9.17, 15) is 4.79 Å². The molecule has 1 aromatic heterocycles. The third kappa shape index (κ3) is 6.96. The quantitative estimate of drug-likeness (QED) is 0.667. The summed E-state index contributed by atoms with van der Waals surface area (Å²) in [5, 5.41) is 6.18. The van der Waals surface area contributed by atoms with Crippen molar-refractivity contribution in [3.8, 4) is 0 Å². The van der Waals surface area contributed by atoms with E-state index in [0.29, 0.717) is 6.54 Å². The fourth-order valence-electron chi connectivity index (χ4n) is 1.68. The summed E-state index contributed by atoms with van der Waals surface area (Å²) in [5.41, 5.74) is -0.111. The molecule has 0 saturated heterocycles. The second-order valence-electron chi connectivity index (χ2n) is 5.47. The van der Waals surface area contributed by atoms with Crippen LogP contribution in [0.5, 0.6) is 0 Å². The first-order valence-corrected chi connectivity index (χ1v) is 7.01. The molecule has 5 nitrogen and oxygen atoms in total. The molecule has 1 heterocycles. The minimum atomic E-state index is -0.111. The number of aryl methyl sites for hydroxylation is 1. The second-order valence-corrected chi connectivity index (χ2v) is 5.47. The highest BCUT2D eigenvalue weighted by Gasteiger charge is 2.16. The van der Waals surface area contributed by atoms with Crippen molar-refractivity contribution in [3.05, 3.63) is 18.7 Å². The van der Waals surface area contributed by atoms with E-state index in [1.807, 2.05) is 26.4 Å². The Kier molecular flexibility index (Phi) is 6.56. The van der Waals surface area contributed by atoms with Gasteiger partial charge in [-0.05, 0) is 39.7 Å². The number of imidazole rings is 1. The maximum Gasteiger partial charge on any atom is 0.234 e. The van der Waals surface area contributed by atoms with Crippen molar-refractivity contribution < 1.29 is 4.79 Å². The van der Waals surface area contributed by atoms with Crippen molar-refractivity contribution >= 4 is 5.91 Å². The van der Waals surface area contributed by atoms with Crippen LogP contribution in [0.4, 0.5) is 0 Å². The number of carbonyl (C=O) groups is 1. The molecule has 1 aromatic rings. The lowest BCUT2D eigenvalue weighted by atomic mass is 10.0. The van der Waals surface area contributed by atoms with Crippen LogP contribution in [0.25, 0.3) is 0 Å². The van der Waals surface area contributed by atoms with Crippen LogP contribution in [-0.4, -0.2) is 34.1 Å². The Morgan fingerprint density at radius 2 is 2.16 bits per heavy atom. The number of hydrogen-bond acceptors (Lipinski definition) is 3. The van der Waals surface area contributed by atoms with E-state index in [1.165, 1.54) is 0 Å². The van der Waals surface area contributed by atoms with E-state index in [1.54, 1.807) is 6.20 Å². The summed E-state index contributed by atoms with van der Waals surface area (Å²) < 4.78 is 2.07. The van der Waals surface area contributed by atoms with E-state index in [2.05, 4.69) is 27.1 Å². The lowest BCUT2D eigenvalue weighted by molar-refractivity contribution is -0.121. The van der Waals surface area contributed by atoms with Gasteiger partial charge in [-0.3, -0.25) is 4.79 Å². The fraction of sp³-hybridized carbons (Fsp3) is 0.714. The predicted molar refractivity (Wildman–Crippen MR) is 76.8 cm³/mol. The van der Waals surface area contributed by atoms with Gasteiger partial charge in [-0.1, -0.05) is 6.92 Å². The highest BCUT2D eigenvalue weighted by molar-refractivity contribution is 5.78. The molecule has 0 aliphatic heterocycles. The molecule has 0 aromatic carbocycles. The van der Waals surface area contributed by atoms with Crippen LogP contribution in [0, 0.1) is 0 Å². The van der Waals surface area contributed by atoms with Crippen molar-refractivity contribution in [2.75, 3.05) is 13.1 Å². The zero-order valence-electron chi connectivity index (χ0n) is 12.3. The summed E-state index contributed by atoms with van der Waals surface area (Å²) in [6.45, 7) is 8.40. The molecule has 108 valence electrons. The maximum atomic E-state index is 11.7. The van der Waals surface area contributed by atoms with Gasteiger partial charge in [0.05, 0.1) is 12.9 Å². The van der Waals surface area contributed by atoms with Crippen LogP contribution in [-0.2, 0) is 11.3 Å². The summed E-state index contributed by atoms with van der Waals surface area (Å²) >= 11 is 0. The van der Waals surface area contributed by atoms with Gasteiger partial charge in [-0.15, -0.1) is 0 Å². The molecule has 0 unspecified atom stereocenters. The number of rotatable bonds is 9. The Bertz CT molecular complexity index is 360. The maximum absolute atomic E-state index is 11.7. The van der Waals surface area contributed by atoms with Crippen LogP contribution in [0.3, 0.4) is 0 Å². The Balaban J connectivity index is 2.00. The first kappa shape index (κ1) is 15.7. The number of carbonyl (C=O) groups excluding carboxylic acids is 1. The van der Waals surface area contributed by atoms with Crippen molar-refractivity contribution in [2.45, 2.75) is 52.1 Å². The van der Waals surface area contributed by atoms with Crippen LogP contribution in [0.2, 0.25) is 0 Å². The number of unbranched alkanes of at least 4 members (excludes halogenated alkanes) is 1. The van der Waals surface area contributed by atoms with Gasteiger partial charge in [-0.2, -0.15) is 0 Å². The van der Waals surface area contributed by atoms with E-state index in [4.69, 9.17) is 0 Å². The number of amides is 1. The molecular weight excluding hydrogens is 240 g/mol.